The summed E-state index contributed by atoms with van der Waals surface area (Å²) in [6.07, 6.45) is 1.50. The molecule has 4 rings (SSSR count). The molecule has 0 bridgehead atoms. The Morgan fingerprint density at radius 3 is 2.38 bits per heavy atom. The van der Waals surface area contributed by atoms with E-state index in [1.54, 1.807) is 42.5 Å². The van der Waals surface area contributed by atoms with Crippen molar-refractivity contribution in [2.75, 3.05) is 14.2 Å². The number of carbonyl (C=O) groups is 2. The number of benzene rings is 2. The first-order chi connectivity index (χ1) is 15.4. The van der Waals surface area contributed by atoms with Crippen molar-refractivity contribution in [2.24, 2.45) is 0 Å². The SMILES string of the molecule is COc1ccc([C@H]2C(=C(O)c3ccc(C)cc3)C(=O)C(=O)N2Cc2ccco2)cc1OC. The van der Waals surface area contributed by atoms with E-state index in [1.807, 2.05) is 19.1 Å². The van der Waals surface area contributed by atoms with Crippen LogP contribution >= 0.6 is 0 Å². The second-order valence-electron chi connectivity index (χ2n) is 7.49. The second-order valence-corrected chi connectivity index (χ2v) is 7.49. The van der Waals surface area contributed by atoms with Gasteiger partial charge in [-0.3, -0.25) is 9.59 Å². The maximum Gasteiger partial charge on any atom is 0.296 e. The Kier molecular flexibility index (Phi) is 5.73. The van der Waals surface area contributed by atoms with Gasteiger partial charge in [0.1, 0.15) is 11.5 Å². The molecule has 7 nitrogen and oxygen atoms in total. The summed E-state index contributed by atoms with van der Waals surface area (Å²) in [5.74, 6) is -0.219. The van der Waals surface area contributed by atoms with E-state index in [9.17, 15) is 14.7 Å². The molecular weight excluding hydrogens is 410 g/mol. The fourth-order valence-electron chi connectivity index (χ4n) is 3.85. The zero-order chi connectivity index (χ0) is 22.8. The number of hydrogen-bond donors (Lipinski definition) is 1. The fraction of sp³-hybridized carbons (Fsp3) is 0.200. The van der Waals surface area contributed by atoms with Crippen LogP contribution < -0.4 is 9.47 Å². The molecule has 1 saturated heterocycles. The largest absolute Gasteiger partial charge is 0.507 e. The third kappa shape index (κ3) is 3.73. The van der Waals surface area contributed by atoms with Gasteiger partial charge in [0.2, 0.25) is 0 Å². The number of ketones is 1. The summed E-state index contributed by atoms with van der Waals surface area (Å²) >= 11 is 0. The molecule has 32 heavy (non-hydrogen) atoms. The Morgan fingerprint density at radius 1 is 1.03 bits per heavy atom. The molecule has 1 N–H and O–H groups in total. The van der Waals surface area contributed by atoms with E-state index in [-0.39, 0.29) is 17.9 Å². The number of carbonyl (C=O) groups excluding carboxylic acids is 2. The molecule has 0 radical (unpaired) electrons. The lowest BCUT2D eigenvalue weighted by Gasteiger charge is -2.25. The Morgan fingerprint density at radius 2 is 1.75 bits per heavy atom. The van der Waals surface area contributed by atoms with Gasteiger partial charge >= 0.3 is 0 Å². The topological polar surface area (TPSA) is 89.2 Å². The highest BCUT2D eigenvalue weighted by atomic mass is 16.5. The van der Waals surface area contributed by atoms with E-state index in [0.29, 0.717) is 28.4 Å². The highest BCUT2D eigenvalue weighted by Crippen LogP contribution is 2.42. The molecule has 1 fully saturated rings. The van der Waals surface area contributed by atoms with Gasteiger partial charge in [-0.15, -0.1) is 0 Å². The average Bonchev–Trinajstić information content (AvgIpc) is 3.41. The maximum atomic E-state index is 13.1. The number of nitrogens with zero attached hydrogens (tertiary/aromatic N) is 1. The van der Waals surface area contributed by atoms with Crippen LogP contribution in [-0.2, 0) is 16.1 Å². The molecule has 0 unspecified atom stereocenters. The molecule has 1 amide bonds. The smallest absolute Gasteiger partial charge is 0.296 e. The van der Waals surface area contributed by atoms with Gasteiger partial charge in [0.15, 0.2) is 11.5 Å². The summed E-state index contributed by atoms with van der Waals surface area (Å²) in [5, 5.41) is 11.1. The number of amides is 1. The van der Waals surface area contributed by atoms with Crippen LogP contribution in [0, 0.1) is 6.92 Å². The first-order valence-corrected chi connectivity index (χ1v) is 10.0. The van der Waals surface area contributed by atoms with Crippen LogP contribution in [0.2, 0.25) is 0 Å². The van der Waals surface area contributed by atoms with Crippen LogP contribution in [0.4, 0.5) is 0 Å². The lowest BCUT2D eigenvalue weighted by molar-refractivity contribution is -0.140. The van der Waals surface area contributed by atoms with Crippen LogP contribution in [-0.4, -0.2) is 35.9 Å². The highest BCUT2D eigenvalue weighted by Gasteiger charge is 2.46. The summed E-state index contributed by atoms with van der Waals surface area (Å²) in [4.78, 5) is 27.5. The standard InChI is InChI=1S/C25H23NO6/c1-15-6-8-16(9-7-15)23(27)21-22(17-10-11-19(30-2)20(13-17)31-3)26(25(29)24(21)28)14-18-5-4-12-32-18/h4-13,22,27H,14H2,1-3H3/t22-/m0/s1. The van der Waals surface area contributed by atoms with Crippen LogP contribution in [0.15, 0.2) is 70.9 Å². The van der Waals surface area contributed by atoms with Crippen molar-refractivity contribution in [2.45, 2.75) is 19.5 Å². The van der Waals surface area contributed by atoms with Crippen molar-refractivity contribution in [3.05, 3.63) is 88.9 Å². The third-order valence-electron chi connectivity index (χ3n) is 5.49. The molecule has 1 aliphatic heterocycles. The van der Waals surface area contributed by atoms with Gasteiger partial charge in [-0.05, 0) is 36.8 Å². The van der Waals surface area contributed by atoms with Gasteiger partial charge in [-0.1, -0.05) is 35.9 Å². The molecule has 0 aliphatic carbocycles. The third-order valence-corrected chi connectivity index (χ3v) is 5.49. The Labute approximate surface area is 185 Å². The molecule has 2 aromatic carbocycles. The van der Waals surface area contributed by atoms with Crippen LogP contribution in [0.5, 0.6) is 11.5 Å². The molecule has 0 saturated carbocycles. The number of aryl methyl sites for hydroxylation is 1. The van der Waals surface area contributed by atoms with Crippen molar-refractivity contribution >= 4 is 17.4 Å². The minimum Gasteiger partial charge on any atom is -0.507 e. The highest BCUT2D eigenvalue weighted by molar-refractivity contribution is 6.46. The number of Topliss-reactive ketones (excluding diaryl/α,β-unsaturated/α-hetero) is 1. The Bertz CT molecular complexity index is 1180. The van der Waals surface area contributed by atoms with Crippen molar-refractivity contribution in [3.8, 4) is 11.5 Å². The average molecular weight is 433 g/mol. The molecule has 1 aromatic heterocycles. The van der Waals surface area contributed by atoms with Crippen molar-refractivity contribution in [1.82, 2.24) is 4.90 Å². The molecule has 7 heteroatoms. The van der Waals surface area contributed by atoms with E-state index in [4.69, 9.17) is 13.9 Å². The number of hydrogen-bond acceptors (Lipinski definition) is 6. The number of rotatable bonds is 6. The number of ether oxygens (including phenoxy) is 2. The van der Waals surface area contributed by atoms with Crippen LogP contribution in [0.1, 0.15) is 28.5 Å². The fourth-order valence-corrected chi connectivity index (χ4v) is 3.85. The molecule has 0 spiro atoms. The minimum atomic E-state index is -0.832. The number of furan rings is 1. The second kappa shape index (κ2) is 8.63. The van der Waals surface area contributed by atoms with Crippen LogP contribution in [0.25, 0.3) is 5.76 Å². The summed E-state index contributed by atoms with van der Waals surface area (Å²) in [6, 6.07) is 14.9. The van der Waals surface area contributed by atoms with Gasteiger partial charge in [-0.2, -0.15) is 0 Å². The summed E-state index contributed by atoms with van der Waals surface area (Å²) in [5.41, 5.74) is 2.08. The van der Waals surface area contributed by atoms with E-state index in [0.717, 1.165) is 5.56 Å². The normalized spacial score (nSPS) is 17.6. The van der Waals surface area contributed by atoms with Gasteiger partial charge < -0.3 is 23.9 Å². The molecule has 1 aliphatic rings. The zero-order valence-corrected chi connectivity index (χ0v) is 18.0. The van der Waals surface area contributed by atoms with E-state index in [1.165, 1.54) is 25.4 Å². The number of aliphatic hydroxyl groups excluding tert-OH is 1. The number of methoxy groups -OCH3 is 2. The molecular formula is C25H23NO6. The van der Waals surface area contributed by atoms with Crippen molar-refractivity contribution in [1.29, 1.82) is 0 Å². The predicted molar refractivity (Wildman–Crippen MR) is 117 cm³/mol. The zero-order valence-electron chi connectivity index (χ0n) is 18.0. The van der Waals surface area contributed by atoms with Gasteiger partial charge in [0.25, 0.3) is 11.7 Å². The van der Waals surface area contributed by atoms with Crippen molar-refractivity contribution < 1.29 is 28.6 Å². The lowest BCUT2D eigenvalue weighted by Crippen LogP contribution is -2.29. The summed E-state index contributed by atoms with van der Waals surface area (Å²) in [7, 11) is 3.03. The first kappa shape index (κ1) is 21.2. The molecule has 2 heterocycles. The van der Waals surface area contributed by atoms with E-state index in [2.05, 4.69) is 0 Å². The molecule has 3 aromatic rings. The summed E-state index contributed by atoms with van der Waals surface area (Å²) in [6.45, 7) is 2.00. The molecule has 1 atom stereocenters. The first-order valence-electron chi connectivity index (χ1n) is 10.0. The van der Waals surface area contributed by atoms with E-state index >= 15 is 0 Å². The lowest BCUT2D eigenvalue weighted by atomic mass is 9.94. The molecule has 164 valence electrons. The Balaban J connectivity index is 1.89. The van der Waals surface area contributed by atoms with Crippen LogP contribution in [0.3, 0.4) is 0 Å². The maximum absolute atomic E-state index is 13.1. The minimum absolute atomic E-state index is 0.0117. The predicted octanol–water partition coefficient (Wildman–Crippen LogP) is 4.23. The monoisotopic (exact) mass is 433 g/mol. The number of aliphatic hydroxyl groups is 1. The van der Waals surface area contributed by atoms with Gasteiger partial charge in [0, 0.05) is 5.56 Å². The van der Waals surface area contributed by atoms with Gasteiger partial charge in [0.05, 0.1) is 38.6 Å². The quantitative estimate of drug-likeness (QED) is 0.356. The Hall–Kier alpha value is -4.00. The van der Waals surface area contributed by atoms with E-state index < -0.39 is 17.7 Å². The van der Waals surface area contributed by atoms with Crippen molar-refractivity contribution in [3.63, 3.8) is 0 Å². The summed E-state index contributed by atoms with van der Waals surface area (Å²) < 4.78 is 16.1. The number of likely N-dealkylation sites (tertiary alicyclic amines) is 1. The van der Waals surface area contributed by atoms with Gasteiger partial charge in [-0.25, -0.2) is 0 Å².